The lowest BCUT2D eigenvalue weighted by atomic mass is 10.00. The molecule has 7 nitrogen and oxygen atoms in total. The summed E-state index contributed by atoms with van der Waals surface area (Å²) in [7, 11) is 6.44. The average molecular weight is 440 g/mol. The van der Waals surface area contributed by atoms with Crippen molar-refractivity contribution < 1.29 is 18.9 Å². The quantitative estimate of drug-likeness (QED) is 0.534. The Morgan fingerprint density at radius 1 is 0.710 bits per heavy atom. The summed E-state index contributed by atoms with van der Waals surface area (Å²) < 4.78 is 21.2. The number of morpholine rings is 3. The van der Waals surface area contributed by atoms with E-state index in [1.807, 2.05) is 0 Å². The molecule has 7 heteroatoms. The Balaban J connectivity index is 0.000000118. The highest BCUT2D eigenvalue weighted by molar-refractivity contribution is 4.99. The minimum Gasteiger partial charge on any atom is -0.379 e. The smallest absolute Gasteiger partial charge is 0.0731 e. The van der Waals surface area contributed by atoms with Gasteiger partial charge in [0.15, 0.2) is 0 Å². The summed E-state index contributed by atoms with van der Waals surface area (Å²) in [4.78, 5) is 6.97. The van der Waals surface area contributed by atoms with Gasteiger partial charge < -0.3 is 33.6 Å². The number of fused-ring (bicyclic) bond motifs is 4. The summed E-state index contributed by atoms with van der Waals surface area (Å²) >= 11 is 0. The number of hydrogen-bond acceptors (Lipinski definition) is 7. The number of piperidine rings is 1. The Bertz CT molecular complexity index is 513. The van der Waals surface area contributed by atoms with Crippen LogP contribution in [0.5, 0.6) is 0 Å². The van der Waals surface area contributed by atoms with E-state index < -0.39 is 0 Å². The van der Waals surface area contributed by atoms with Gasteiger partial charge in [-0.2, -0.15) is 0 Å². The zero-order valence-electron chi connectivity index (χ0n) is 20.3. The summed E-state index contributed by atoms with van der Waals surface area (Å²) in [5.41, 5.74) is 1.46. The lowest BCUT2D eigenvalue weighted by Crippen LogP contribution is -2.55. The Morgan fingerprint density at radius 2 is 1.23 bits per heavy atom. The van der Waals surface area contributed by atoms with Crippen molar-refractivity contribution >= 4 is 0 Å². The molecule has 7 heterocycles. The van der Waals surface area contributed by atoms with Crippen LogP contribution in [0.3, 0.4) is 0 Å². The van der Waals surface area contributed by atoms with Crippen molar-refractivity contribution in [3.63, 3.8) is 0 Å². The van der Waals surface area contributed by atoms with Crippen molar-refractivity contribution in [2.75, 3.05) is 86.8 Å². The summed E-state index contributed by atoms with van der Waals surface area (Å²) in [6.45, 7) is 12.5. The molecule has 7 aliphatic heterocycles. The molecule has 7 aliphatic rings. The van der Waals surface area contributed by atoms with Crippen molar-refractivity contribution in [3.8, 4) is 0 Å². The van der Waals surface area contributed by atoms with Gasteiger partial charge in [0.05, 0.1) is 50.8 Å². The molecule has 0 saturated carbocycles. The molecule has 0 spiro atoms. The Morgan fingerprint density at radius 3 is 1.58 bits per heavy atom. The summed E-state index contributed by atoms with van der Waals surface area (Å²) in [5, 5.41) is 0. The van der Waals surface area contributed by atoms with E-state index in [2.05, 4.69) is 48.8 Å². The lowest BCUT2D eigenvalue weighted by molar-refractivity contribution is -0.175. The van der Waals surface area contributed by atoms with Crippen LogP contribution in [0.25, 0.3) is 0 Å². The average Bonchev–Trinajstić information content (AvgIpc) is 3.08. The molecule has 4 bridgehead atoms. The van der Waals surface area contributed by atoms with Gasteiger partial charge >= 0.3 is 0 Å². The summed E-state index contributed by atoms with van der Waals surface area (Å²) in [6, 6.07) is 0. The van der Waals surface area contributed by atoms with Gasteiger partial charge in [-0.15, -0.1) is 0 Å². The van der Waals surface area contributed by atoms with E-state index in [9.17, 15) is 0 Å². The molecule has 0 aliphatic carbocycles. The van der Waals surface area contributed by atoms with Crippen molar-refractivity contribution in [1.82, 2.24) is 14.7 Å². The van der Waals surface area contributed by atoms with Crippen LogP contribution in [0.2, 0.25) is 0 Å². The van der Waals surface area contributed by atoms with Crippen molar-refractivity contribution in [2.24, 2.45) is 0 Å². The minimum atomic E-state index is 0.564. The second kappa shape index (κ2) is 13.2. The highest BCUT2D eigenvalue weighted by Crippen LogP contribution is 2.26. The van der Waals surface area contributed by atoms with Crippen LogP contribution in [-0.2, 0) is 18.9 Å². The van der Waals surface area contributed by atoms with E-state index in [0.29, 0.717) is 24.4 Å². The van der Waals surface area contributed by atoms with Gasteiger partial charge in [0.25, 0.3) is 0 Å². The Hall–Kier alpha value is -0.540. The van der Waals surface area contributed by atoms with Gasteiger partial charge in [-0.1, -0.05) is 11.6 Å². The van der Waals surface area contributed by atoms with Crippen LogP contribution in [0, 0.1) is 0 Å². The molecule has 0 radical (unpaired) electrons. The van der Waals surface area contributed by atoms with E-state index in [0.717, 1.165) is 72.1 Å². The molecule has 0 aromatic rings. The van der Waals surface area contributed by atoms with E-state index in [4.69, 9.17) is 18.9 Å². The molecule has 31 heavy (non-hydrogen) atoms. The number of ether oxygens (including phenoxy) is 4. The molecule has 0 amide bonds. The van der Waals surface area contributed by atoms with Gasteiger partial charge in [0.1, 0.15) is 0 Å². The third-order valence-electron chi connectivity index (χ3n) is 6.59. The fraction of sp³-hybridized carbons (Fsp3) is 0.917. The third kappa shape index (κ3) is 9.46. The number of rotatable bonds is 0. The first-order chi connectivity index (χ1) is 15.0. The van der Waals surface area contributed by atoms with Gasteiger partial charge in [-0.3, -0.25) is 0 Å². The Labute approximate surface area is 189 Å². The van der Waals surface area contributed by atoms with Gasteiger partial charge in [0.2, 0.25) is 0 Å². The zero-order chi connectivity index (χ0) is 22.1. The maximum atomic E-state index is 5.63. The molecule has 4 unspecified atom stereocenters. The fourth-order valence-corrected chi connectivity index (χ4v) is 4.65. The number of nitrogens with zero attached hydrogens (tertiary/aromatic N) is 3. The molecule has 6 saturated heterocycles. The molecule has 180 valence electrons. The first kappa shape index (κ1) is 25.1. The molecule has 0 aromatic carbocycles. The molecular weight excluding hydrogens is 394 g/mol. The summed E-state index contributed by atoms with van der Waals surface area (Å²) in [5.74, 6) is 0. The first-order valence-corrected chi connectivity index (χ1v) is 12.2. The SMILES string of the molecule is CC1=CCOCC1.CN1CC2CC(C1)O2.CN1CC2CCC(C1)O2.CN1CCOCC1. The van der Waals surface area contributed by atoms with E-state index in [1.165, 1.54) is 24.8 Å². The minimum absolute atomic E-state index is 0.564. The highest BCUT2D eigenvalue weighted by Gasteiger charge is 2.36. The fourth-order valence-electron chi connectivity index (χ4n) is 4.65. The second-order valence-corrected chi connectivity index (χ2v) is 9.81. The van der Waals surface area contributed by atoms with Crippen LogP contribution in [0.1, 0.15) is 32.6 Å². The summed E-state index contributed by atoms with van der Waals surface area (Å²) in [6.07, 6.45) is 9.43. The van der Waals surface area contributed by atoms with Crippen molar-refractivity contribution in [3.05, 3.63) is 11.6 Å². The Kier molecular flexibility index (Phi) is 10.7. The van der Waals surface area contributed by atoms with Crippen molar-refractivity contribution in [1.29, 1.82) is 0 Å². The maximum absolute atomic E-state index is 5.63. The molecule has 6 fully saturated rings. The maximum Gasteiger partial charge on any atom is 0.0731 e. The van der Waals surface area contributed by atoms with Gasteiger partial charge in [-0.05, 0) is 47.3 Å². The van der Waals surface area contributed by atoms with Gasteiger partial charge in [0, 0.05) is 45.7 Å². The standard InChI is InChI=1S/C7H13NO.C6H11NO.C6H10O.C5H11NO/c1-8-4-6-2-3-7(5-8)9-6;1-7-3-5-2-6(4-7)8-5;2*1-6-2-4-7-5-3-6/h6-7H,2-5H2,1H3;5-6H,2-4H2,1H3;2H,3-5H2,1H3;2-5H2,1H3. The predicted molar refractivity (Wildman–Crippen MR) is 124 cm³/mol. The topological polar surface area (TPSA) is 46.6 Å². The molecular formula is C24H45N3O4. The molecule has 0 aromatic heterocycles. The number of likely N-dealkylation sites (tertiary alicyclic amines) is 1. The largest absolute Gasteiger partial charge is 0.379 e. The van der Waals surface area contributed by atoms with E-state index in [1.54, 1.807) is 0 Å². The third-order valence-corrected chi connectivity index (χ3v) is 6.59. The van der Waals surface area contributed by atoms with Crippen LogP contribution >= 0.6 is 0 Å². The number of hydrogen-bond donors (Lipinski definition) is 0. The van der Waals surface area contributed by atoms with Crippen LogP contribution in [-0.4, -0.2) is 126 Å². The highest BCUT2D eigenvalue weighted by atomic mass is 16.5. The second-order valence-electron chi connectivity index (χ2n) is 9.81. The van der Waals surface area contributed by atoms with E-state index >= 15 is 0 Å². The van der Waals surface area contributed by atoms with Crippen LogP contribution in [0.15, 0.2) is 11.6 Å². The van der Waals surface area contributed by atoms with Crippen molar-refractivity contribution in [2.45, 2.75) is 57.0 Å². The molecule has 0 N–H and O–H groups in total. The number of likely N-dealkylation sites (N-methyl/N-ethyl adjacent to an activating group) is 3. The predicted octanol–water partition coefficient (Wildman–Crippen LogP) is 1.87. The molecule has 4 atom stereocenters. The lowest BCUT2D eigenvalue weighted by Gasteiger charge is -2.45. The van der Waals surface area contributed by atoms with Gasteiger partial charge in [-0.25, -0.2) is 0 Å². The normalized spacial score (nSPS) is 35.2. The monoisotopic (exact) mass is 439 g/mol. The molecule has 7 rings (SSSR count). The zero-order valence-corrected chi connectivity index (χ0v) is 20.3. The van der Waals surface area contributed by atoms with Crippen LogP contribution < -0.4 is 0 Å². The van der Waals surface area contributed by atoms with E-state index in [-0.39, 0.29) is 0 Å². The first-order valence-electron chi connectivity index (χ1n) is 12.2. The van der Waals surface area contributed by atoms with Crippen LogP contribution in [0.4, 0.5) is 0 Å².